The predicted octanol–water partition coefficient (Wildman–Crippen LogP) is 23.7. The Bertz CT molecular complexity index is 1210. The van der Waals surface area contributed by atoms with Gasteiger partial charge >= 0.3 is 0 Å². The molecule has 0 aliphatic rings. The first-order valence-electron chi connectivity index (χ1n) is 34.9. The molecule has 76 heavy (non-hydrogen) atoms. The van der Waals surface area contributed by atoms with Crippen LogP contribution in [0.5, 0.6) is 0 Å². The largest absolute Gasteiger partial charge is 0.394 e. The molecule has 0 aromatic heterocycles. The van der Waals surface area contributed by atoms with E-state index in [1.165, 1.54) is 327 Å². The Kier molecular flexibility index (Phi) is 66.2. The highest BCUT2D eigenvalue weighted by atomic mass is 16.3. The maximum absolute atomic E-state index is 12.5. The van der Waals surface area contributed by atoms with Crippen LogP contribution in [-0.2, 0) is 4.79 Å². The number of hydrogen-bond acceptors (Lipinski definition) is 3. The van der Waals surface area contributed by atoms with Gasteiger partial charge in [-0.2, -0.15) is 0 Å². The molecule has 0 spiro atoms. The minimum absolute atomic E-state index is 0.0706. The lowest BCUT2D eigenvalue weighted by molar-refractivity contribution is -0.123. The second-order valence-electron chi connectivity index (χ2n) is 23.9. The van der Waals surface area contributed by atoms with Crippen LogP contribution < -0.4 is 5.32 Å². The molecule has 0 aliphatic carbocycles. The van der Waals surface area contributed by atoms with Crippen molar-refractivity contribution in [3.8, 4) is 0 Å². The number of aliphatic hydroxyl groups is 2. The van der Waals surface area contributed by atoms with Crippen LogP contribution in [-0.4, -0.2) is 34.9 Å². The lowest BCUT2D eigenvalue weighted by Gasteiger charge is -2.19. The molecule has 4 nitrogen and oxygen atoms in total. The van der Waals surface area contributed by atoms with Crippen molar-refractivity contribution < 1.29 is 15.0 Å². The minimum atomic E-state index is -0.871. The van der Waals surface area contributed by atoms with Crippen molar-refractivity contribution in [2.45, 2.75) is 398 Å². The summed E-state index contributed by atoms with van der Waals surface area (Å²) in [4.78, 5) is 12.5. The van der Waals surface area contributed by atoms with Crippen LogP contribution in [0.1, 0.15) is 386 Å². The van der Waals surface area contributed by atoms with Gasteiger partial charge in [-0.25, -0.2) is 0 Å². The van der Waals surface area contributed by atoms with Crippen LogP contribution in [0.15, 0.2) is 48.6 Å². The molecular formula is C72H137NO3. The fraction of sp³-hybridized carbons (Fsp3) is 0.875. The molecule has 0 aliphatic heterocycles. The van der Waals surface area contributed by atoms with E-state index in [-0.39, 0.29) is 12.5 Å². The van der Waals surface area contributed by atoms with Crippen molar-refractivity contribution >= 4 is 5.91 Å². The van der Waals surface area contributed by atoms with Gasteiger partial charge in [0.05, 0.1) is 18.8 Å². The van der Waals surface area contributed by atoms with Gasteiger partial charge in [-0.15, -0.1) is 0 Å². The molecule has 448 valence electrons. The third-order valence-corrected chi connectivity index (χ3v) is 16.3. The number of carbonyl (C=O) groups is 1. The van der Waals surface area contributed by atoms with Gasteiger partial charge in [0.25, 0.3) is 0 Å². The van der Waals surface area contributed by atoms with Crippen LogP contribution in [0.3, 0.4) is 0 Å². The van der Waals surface area contributed by atoms with E-state index in [4.69, 9.17) is 0 Å². The standard InChI is InChI=1S/C72H137NO3/c1-3-5-7-9-11-13-15-17-19-21-23-25-27-29-30-31-32-33-34-35-36-37-38-39-40-41-42-44-46-48-50-52-54-56-58-60-62-64-66-68-72(76)73-70(69-74)71(75)67-65-63-61-59-57-55-53-51-49-47-45-43-28-26-24-22-20-18-16-14-12-10-8-6-4-2/h21,23,49,51,57,59,65,67,70-71,74-75H,3-20,22,24-48,50,52-56,58,60-64,66,68-69H2,1-2H3,(H,73,76)/b23-21-,51-49+,59-57+,67-65+. The first-order chi connectivity index (χ1) is 37.7. The molecule has 3 N–H and O–H groups in total. The molecule has 0 bridgehead atoms. The van der Waals surface area contributed by atoms with Gasteiger partial charge in [0.15, 0.2) is 0 Å². The Morgan fingerprint density at radius 1 is 0.303 bits per heavy atom. The zero-order chi connectivity index (χ0) is 54.8. The predicted molar refractivity (Wildman–Crippen MR) is 341 cm³/mol. The molecule has 2 unspecified atom stereocenters. The summed E-state index contributed by atoms with van der Waals surface area (Å²) in [5.74, 6) is -0.0706. The SMILES string of the molecule is CCCCCCCCCC/C=C\CCCCCCCCCCCCCCCCCCCCCCCCCCCCCC(=O)NC(CO)C(O)/C=C/CC/C=C/CC/C=C/CCCCCCCCCCCCCCCCC. The van der Waals surface area contributed by atoms with E-state index in [2.05, 4.69) is 55.6 Å². The molecule has 4 heteroatoms. The summed E-state index contributed by atoms with van der Waals surface area (Å²) in [6, 6.07) is -0.646. The van der Waals surface area contributed by atoms with Gasteiger partial charge in [-0.1, -0.05) is 358 Å². The maximum atomic E-state index is 12.5. The zero-order valence-electron chi connectivity index (χ0n) is 51.8. The number of nitrogens with one attached hydrogen (secondary N) is 1. The van der Waals surface area contributed by atoms with Gasteiger partial charge < -0.3 is 15.5 Å². The Hall–Kier alpha value is -1.65. The number of unbranched alkanes of at least 4 members (excludes halogenated alkanes) is 52. The van der Waals surface area contributed by atoms with E-state index in [1.54, 1.807) is 6.08 Å². The summed E-state index contributed by atoms with van der Waals surface area (Å²) >= 11 is 0. The fourth-order valence-corrected chi connectivity index (χ4v) is 11.0. The van der Waals surface area contributed by atoms with Gasteiger partial charge in [0, 0.05) is 6.42 Å². The summed E-state index contributed by atoms with van der Waals surface area (Å²) in [5.41, 5.74) is 0. The molecule has 0 saturated heterocycles. The molecular weight excluding hydrogens is 927 g/mol. The van der Waals surface area contributed by atoms with Crippen molar-refractivity contribution in [3.05, 3.63) is 48.6 Å². The van der Waals surface area contributed by atoms with Crippen molar-refractivity contribution in [2.75, 3.05) is 6.61 Å². The summed E-state index contributed by atoms with van der Waals surface area (Å²) in [7, 11) is 0. The van der Waals surface area contributed by atoms with Gasteiger partial charge in [0.2, 0.25) is 5.91 Å². The first-order valence-corrected chi connectivity index (χ1v) is 34.9. The summed E-state index contributed by atoms with van der Waals surface area (Å²) in [6.45, 7) is 4.33. The van der Waals surface area contributed by atoms with E-state index in [9.17, 15) is 15.0 Å². The number of carbonyl (C=O) groups excluding carboxylic acids is 1. The van der Waals surface area contributed by atoms with Gasteiger partial charge in [0.1, 0.15) is 0 Å². The Labute approximate surface area is 477 Å². The topological polar surface area (TPSA) is 69.6 Å². The van der Waals surface area contributed by atoms with Crippen LogP contribution in [0.4, 0.5) is 0 Å². The van der Waals surface area contributed by atoms with E-state index < -0.39 is 12.1 Å². The summed E-state index contributed by atoms with van der Waals surface area (Å²) < 4.78 is 0. The average Bonchev–Trinajstić information content (AvgIpc) is 3.42. The minimum Gasteiger partial charge on any atom is -0.394 e. The highest BCUT2D eigenvalue weighted by molar-refractivity contribution is 5.76. The Morgan fingerprint density at radius 2 is 0.513 bits per heavy atom. The molecule has 0 aromatic rings. The second-order valence-corrected chi connectivity index (χ2v) is 23.9. The molecule has 0 aromatic carbocycles. The number of aliphatic hydroxyl groups excluding tert-OH is 2. The van der Waals surface area contributed by atoms with Crippen LogP contribution in [0, 0.1) is 0 Å². The number of allylic oxidation sites excluding steroid dienone is 7. The fourth-order valence-electron chi connectivity index (χ4n) is 11.0. The van der Waals surface area contributed by atoms with E-state index in [0.717, 1.165) is 38.5 Å². The van der Waals surface area contributed by atoms with E-state index in [0.29, 0.717) is 6.42 Å². The van der Waals surface area contributed by atoms with Gasteiger partial charge in [-0.05, 0) is 70.6 Å². The summed E-state index contributed by atoms with van der Waals surface area (Å²) in [5, 5.41) is 23.2. The highest BCUT2D eigenvalue weighted by Gasteiger charge is 2.18. The van der Waals surface area contributed by atoms with Crippen LogP contribution in [0.25, 0.3) is 0 Å². The average molecular weight is 1060 g/mol. The van der Waals surface area contributed by atoms with Gasteiger partial charge in [-0.3, -0.25) is 4.79 Å². The maximum Gasteiger partial charge on any atom is 0.220 e. The smallest absolute Gasteiger partial charge is 0.220 e. The Morgan fingerprint density at radius 3 is 0.763 bits per heavy atom. The molecule has 0 radical (unpaired) electrons. The quantitative estimate of drug-likeness (QED) is 0.0420. The van der Waals surface area contributed by atoms with E-state index in [1.807, 2.05) is 6.08 Å². The highest BCUT2D eigenvalue weighted by Crippen LogP contribution is 2.19. The molecule has 2 atom stereocenters. The lowest BCUT2D eigenvalue weighted by Crippen LogP contribution is -2.45. The van der Waals surface area contributed by atoms with Crippen molar-refractivity contribution in [1.29, 1.82) is 0 Å². The van der Waals surface area contributed by atoms with Crippen LogP contribution in [0.2, 0.25) is 0 Å². The van der Waals surface area contributed by atoms with Crippen LogP contribution >= 0.6 is 0 Å². The number of hydrogen-bond donors (Lipinski definition) is 3. The number of rotatable bonds is 65. The van der Waals surface area contributed by atoms with Crippen molar-refractivity contribution in [1.82, 2.24) is 5.32 Å². The van der Waals surface area contributed by atoms with Crippen molar-refractivity contribution in [3.63, 3.8) is 0 Å². The molecule has 0 fully saturated rings. The third-order valence-electron chi connectivity index (χ3n) is 16.3. The van der Waals surface area contributed by atoms with Crippen molar-refractivity contribution in [2.24, 2.45) is 0 Å². The molecule has 1 amide bonds. The molecule has 0 heterocycles. The third kappa shape index (κ3) is 63.2. The lowest BCUT2D eigenvalue weighted by atomic mass is 10.0. The second kappa shape index (κ2) is 67.6. The normalized spacial score (nSPS) is 12.9. The molecule has 0 saturated carbocycles. The van der Waals surface area contributed by atoms with E-state index >= 15 is 0 Å². The monoisotopic (exact) mass is 1060 g/mol. The number of amides is 1. The zero-order valence-corrected chi connectivity index (χ0v) is 51.8. The first kappa shape index (κ1) is 74.3. The summed E-state index contributed by atoms with van der Waals surface area (Å²) in [6.07, 6.45) is 95.0. The molecule has 0 rings (SSSR count). The Balaban J connectivity index is 3.44.